The molecule has 1 atom stereocenters. The van der Waals surface area contributed by atoms with Crippen molar-refractivity contribution in [3.63, 3.8) is 0 Å². The molecule has 12 heavy (non-hydrogen) atoms. The highest BCUT2D eigenvalue weighted by atomic mass is 32.2. The Balaban J connectivity index is 3.19. The first-order valence-electron chi connectivity index (χ1n) is 4.54. The summed E-state index contributed by atoms with van der Waals surface area (Å²) in [7, 11) is 0. The van der Waals surface area contributed by atoms with Crippen LogP contribution in [0.15, 0.2) is 0 Å². The van der Waals surface area contributed by atoms with Crippen LogP contribution in [-0.2, 0) is 0 Å². The Bertz CT molecular complexity index is 146. The van der Waals surface area contributed by atoms with E-state index in [9.17, 15) is 0 Å². The van der Waals surface area contributed by atoms with E-state index in [0.29, 0.717) is 6.04 Å². The molecule has 0 aromatic rings. The van der Waals surface area contributed by atoms with Gasteiger partial charge < -0.3 is 5.73 Å². The minimum absolute atomic E-state index is 0.336. The topological polar surface area (TPSA) is 26.0 Å². The third-order valence-corrected chi connectivity index (χ3v) is 2.86. The summed E-state index contributed by atoms with van der Waals surface area (Å²) in [5.74, 6) is 8.22. The molecule has 0 spiro atoms. The van der Waals surface area contributed by atoms with Crippen molar-refractivity contribution < 1.29 is 0 Å². The average molecular weight is 185 g/mol. The lowest BCUT2D eigenvalue weighted by molar-refractivity contribution is 0.692. The molecule has 0 aliphatic carbocycles. The van der Waals surface area contributed by atoms with Crippen LogP contribution in [0.4, 0.5) is 0 Å². The third-order valence-electron chi connectivity index (χ3n) is 1.50. The first-order chi connectivity index (χ1) is 5.81. The van der Waals surface area contributed by atoms with Crippen molar-refractivity contribution in [2.24, 2.45) is 5.73 Å². The lowest BCUT2D eigenvalue weighted by Gasteiger charge is -2.07. The highest BCUT2D eigenvalue weighted by Crippen LogP contribution is 2.06. The van der Waals surface area contributed by atoms with Gasteiger partial charge in [-0.15, -0.1) is 11.8 Å². The maximum absolute atomic E-state index is 5.87. The minimum atomic E-state index is 0.336. The van der Waals surface area contributed by atoms with Crippen molar-refractivity contribution in [2.75, 3.05) is 11.5 Å². The predicted molar refractivity (Wildman–Crippen MR) is 58.3 cm³/mol. The van der Waals surface area contributed by atoms with Gasteiger partial charge in [0.15, 0.2) is 0 Å². The Kier molecular flexibility index (Phi) is 8.86. The van der Waals surface area contributed by atoms with Gasteiger partial charge in [0.05, 0.1) is 0 Å². The highest BCUT2D eigenvalue weighted by Gasteiger charge is 1.99. The average Bonchev–Trinajstić information content (AvgIpc) is 2.06. The van der Waals surface area contributed by atoms with Crippen molar-refractivity contribution in [1.29, 1.82) is 0 Å². The molecule has 0 aliphatic rings. The van der Waals surface area contributed by atoms with Crippen LogP contribution in [0.3, 0.4) is 0 Å². The van der Waals surface area contributed by atoms with Gasteiger partial charge in [0.25, 0.3) is 0 Å². The molecule has 0 aliphatic heterocycles. The van der Waals surface area contributed by atoms with Crippen LogP contribution in [0.25, 0.3) is 0 Å². The minimum Gasteiger partial charge on any atom is -0.327 e. The zero-order chi connectivity index (χ0) is 9.23. The second-order valence-electron chi connectivity index (χ2n) is 2.80. The fourth-order valence-corrected chi connectivity index (χ4v) is 1.77. The Morgan fingerprint density at radius 2 is 2.25 bits per heavy atom. The molecule has 0 saturated heterocycles. The van der Waals surface area contributed by atoms with Gasteiger partial charge in [0.2, 0.25) is 0 Å². The summed E-state index contributed by atoms with van der Waals surface area (Å²) >= 11 is 1.95. The van der Waals surface area contributed by atoms with Crippen molar-refractivity contribution in [2.45, 2.75) is 39.2 Å². The molecular weight excluding hydrogens is 166 g/mol. The lowest BCUT2D eigenvalue weighted by Crippen LogP contribution is -2.22. The number of rotatable bonds is 6. The van der Waals surface area contributed by atoms with Crippen molar-refractivity contribution in [1.82, 2.24) is 0 Å². The van der Waals surface area contributed by atoms with Crippen LogP contribution < -0.4 is 5.73 Å². The van der Waals surface area contributed by atoms with E-state index in [4.69, 9.17) is 5.73 Å². The Hall–Kier alpha value is -0.130. The standard InChI is InChI=1S/C10H19NS/c1-3-5-6-7-10(11)9-12-8-4-2/h10H,4,6-9,11H2,1-2H3. The van der Waals surface area contributed by atoms with E-state index >= 15 is 0 Å². The summed E-state index contributed by atoms with van der Waals surface area (Å²) in [6, 6.07) is 0.336. The molecule has 1 unspecified atom stereocenters. The lowest BCUT2D eigenvalue weighted by atomic mass is 10.2. The first-order valence-corrected chi connectivity index (χ1v) is 5.69. The fourth-order valence-electron chi connectivity index (χ4n) is 0.845. The summed E-state index contributed by atoms with van der Waals surface area (Å²) < 4.78 is 0. The third kappa shape index (κ3) is 7.97. The first kappa shape index (κ1) is 11.9. The normalized spacial score (nSPS) is 11.9. The molecule has 0 saturated carbocycles. The van der Waals surface area contributed by atoms with E-state index in [1.54, 1.807) is 0 Å². The molecule has 0 rings (SSSR count). The molecule has 70 valence electrons. The van der Waals surface area contributed by atoms with E-state index in [1.165, 1.54) is 12.2 Å². The maximum Gasteiger partial charge on any atom is 0.0139 e. The fraction of sp³-hybridized carbons (Fsp3) is 0.800. The Labute approximate surface area is 80.5 Å². The van der Waals surface area contributed by atoms with Crippen LogP contribution in [0.5, 0.6) is 0 Å². The van der Waals surface area contributed by atoms with Gasteiger partial charge in [-0.05, 0) is 25.5 Å². The van der Waals surface area contributed by atoms with Crippen LogP contribution >= 0.6 is 11.8 Å². The molecule has 2 N–H and O–H groups in total. The number of hydrogen-bond donors (Lipinski definition) is 1. The molecule has 0 aromatic heterocycles. The van der Waals surface area contributed by atoms with Crippen molar-refractivity contribution in [3.8, 4) is 11.8 Å². The Morgan fingerprint density at radius 3 is 2.83 bits per heavy atom. The molecule has 0 amide bonds. The predicted octanol–water partition coefficient (Wildman–Crippen LogP) is 2.26. The highest BCUT2D eigenvalue weighted by molar-refractivity contribution is 7.99. The second-order valence-corrected chi connectivity index (χ2v) is 3.95. The molecular formula is C10H19NS. The summed E-state index contributed by atoms with van der Waals surface area (Å²) in [5.41, 5.74) is 5.87. The summed E-state index contributed by atoms with van der Waals surface area (Å²) in [4.78, 5) is 0. The Morgan fingerprint density at radius 1 is 1.50 bits per heavy atom. The van der Waals surface area contributed by atoms with E-state index in [2.05, 4.69) is 18.8 Å². The number of hydrogen-bond acceptors (Lipinski definition) is 2. The smallest absolute Gasteiger partial charge is 0.0139 e. The molecule has 0 fully saturated rings. The van der Waals surface area contributed by atoms with Crippen LogP contribution in [-0.4, -0.2) is 17.5 Å². The second kappa shape index (κ2) is 8.96. The van der Waals surface area contributed by atoms with E-state index in [0.717, 1.165) is 18.6 Å². The molecule has 1 nitrogen and oxygen atoms in total. The molecule has 0 aromatic carbocycles. The molecule has 0 heterocycles. The summed E-state index contributed by atoms with van der Waals surface area (Å²) in [6.07, 6.45) is 3.23. The number of nitrogens with two attached hydrogens (primary N) is 1. The van der Waals surface area contributed by atoms with Gasteiger partial charge in [0.1, 0.15) is 0 Å². The van der Waals surface area contributed by atoms with Gasteiger partial charge in [-0.2, -0.15) is 11.8 Å². The van der Waals surface area contributed by atoms with Crippen molar-refractivity contribution in [3.05, 3.63) is 0 Å². The van der Waals surface area contributed by atoms with Gasteiger partial charge in [-0.3, -0.25) is 0 Å². The van der Waals surface area contributed by atoms with Crippen molar-refractivity contribution >= 4 is 11.8 Å². The van der Waals surface area contributed by atoms with E-state index in [-0.39, 0.29) is 0 Å². The molecule has 0 radical (unpaired) electrons. The zero-order valence-corrected chi connectivity index (χ0v) is 8.91. The van der Waals surface area contributed by atoms with Gasteiger partial charge in [0, 0.05) is 18.2 Å². The summed E-state index contributed by atoms with van der Waals surface area (Å²) in [6.45, 7) is 4.07. The van der Waals surface area contributed by atoms with E-state index < -0.39 is 0 Å². The van der Waals surface area contributed by atoms with Crippen LogP contribution in [0.2, 0.25) is 0 Å². The van der Waals surface area contributed by atoms with Gasteiger partial charge in [-0.25, -0.2) is 0 Å². The summed E-state index contributed by atoms with van der Waals surface area (Å²) in [5, 5.41) is 0. The maximum atomic E-state index is 5.87. The zero-order valence-electron chi connectivity index (χ0n) is 8.10. The van der Waals surface area contributed by atoms with Crippen LogP contribution in [0.1, 0.15) is 33.1 Å². The number of thioether (sulfide) groups is 1. The largest absolute Gasteiger partial charge is 0.327 e. The van der Waals surface area contributed by atoms with E-state index in [1.807, 2.05) is 18.7 Å². The quantitative estimate of drug-likeness (QED) is 0.507. The van der Waals surface area contributed by atoms with Gasteiger partial charge >= 0.3 is 0 Å². The molecule has 2 heteroatoms. The van der Waals surface area contributed by atoms with Crippen LogP contribution in [0, 0.1) is 11.8 Å². The monoisotopic (exact) mass is 185 g/mol. The SMILES string of the molecule is CC#CCCC(N)CSCCC. The van der Waals surface area contributed by atoms with Gasteiger partial charge in [-0.1, -0.05) is 6.92 Å². The molecule has 0 bridgehead atoms.